The van der Waals surface area contributed by atoms with Gasteiger partial charge in [0.1, 0.15) is 0 Å². The number of carbonyl (C=O) groups is 1. The number of hydrogen-bond acceptors (Lipinski definition) is 5. The molecule has 1 N–H and O–H groups in total. The van der Waals surface area contributed by atoms with Crippen molar-refractivity contribution in [1.29, 1.82) is 0 Å². The van der Waals surface area contributed by atoms with Gasteiger partial charge in [-0.25, -0.2) is 4.98 Å². The molecule has 4 rings (SSSR count). The molecule has 1 aromatic heterocycles. The van der Waals surface area contributed by atoms with E-state index in [0.29, 0.717) is 27.8 Å². The van der Waals surface area contributed by atoms with Crippen LogP contribution < -0.4 is 10.2 Å². The van der Waals surface area contributed by atoms with E-state index >= 15 is 0 Å². The number of piperazine rings is 1. The van der Waals surface area contributed by atoms with Gasteiger partial charge in [-0.1, -0.05) is 40.9 Å². The molecule has 1 fully saturated rings. The third kappa shape index (κ3) is 5.39. The van der Waals surface area contributed by atoms with Crippen LogP contribution >= 0.6 is 34.5 Å². The highest BCUT2D eigenvalue weighted by molar-refractivity contribution is 7.14. The number of nitrogens with zero attached hydrogens (tertiary/aromatic N) is 3. The molecule has 31 heavy (non-hydrogen) atoms. The first-order valence-electron chi connectivity index (χ1n) is 10.2. The molecule has 1 aliphatic heterocycles. The number of aromatic nitrogens is 1. The Balaban J connectivity index is 1.32. The quantitative estimate of drug-likeness (QED) is 0.524. The molecule has 162 valence electrons. The predicted octanol–water partition coefficient (Wildman–Crippen LogP) is 5.57. The highest BCUT2D eigenvalue weighted by Crippen LogP contribution is 2.32. The minimum atomic E-state index is -0.0564. The Bertz CT molecular complexity index is 1070. The topological polar surface area (TPSA) is 48.5 Å². The molecule has 0 saturated carbocycles. The van der Waals surface area contributed by atoms with Crippen molar-refractivity contribution in [3.8, 4) is 11.3 Å². The van der Waals surface area contributed by atoms with Crippen molar-refractivity contribution in [1.82, 2.24) is 9.88 Å². The summed E-state index contributed by atoms with van der Waals surface area (Å²) in [6.07, 6.45) is 0. The number of nitrogens with one attached hydrogen (secondary N) is 1. The number of hydrogen-bond donors (Lipinski definition) is 1. The maximum Gasteiger partial charge on any atom is 0.240 e. The van der Waals surface area contributed by atoms with Crippen LogP contribution in [-0.2, 0) is 4.79 Å². The number of benzene rings is 2. The molecular formula is C23H24Cl2N4OS. The third-order valence-electron chi connectivity index (χ3n) is 5.40. The van der Waals surface area contributed by atoms with E-state index < -0.39 is 0 Å². The van der Waals surface area contributed by atoms with E-state index in [-0.39, 0.29) is 5.91 Å². The molecule has 0 bridgehead atoms. The zero-order valence-corrected chi connectivity index (χ0v) is 19.8. The maximum atomic E-state index is 12.6. The average molecular weight is 475 g/mol. The van der Waals surface area contributed by atoms with Crippen molar-refractivity contribution in [3.63, 3.8) is 0 Å². The monoisotopic (exact) mass is 474 g/mol. The third-order valence-corrected chi connectivity index (χ3v) is 6.71. The second-order valence-corrected chi connectivity index (χ2v) is 9.53. The molecule has 2 aromatic carbocycles. The van der Waals surface area contributed by atoms with Gasteiger partial charge in [-0.15, -0.1) is 11.3 Å². The summed E-state index contributed by atoms with van der Waals surface area (Å²) in [5, 5.41) is 6.48. The van der Waals surface area contributed by atoms with Crippen LogP contribution in [0.1, 0.15) is 12.5 Å². The smallest absolute Gasteiger partial charge is 0.240 e. The SMILES string of the molecule is Cc1ccc(N2CCN(CC(=O)Nc3nc(-c4ccc(Cl)cc4Cl)cs3)CC2C)cc1. The van der Waals surface area contributed by atoms with E-state index in [9.17, 15) is 4.79 Å². The number of anilines is 2. The maximum absolute atomic E-state index is 12.6. The molecule has 5 nitrogen and oxygen atoms in total. The van der Waals surface area contributed by atoms with Gasteiger partial charge in [0.05, 0.1) is 17.3 Å². The molecule has 0 radical (unpaired) electrons. The van der Waals surface area contributed by atoms with Crippen LogP contribution in [0.3, 0.4) is 0 Å². The Morgan fingerprint density at radius 3 is 2.68 bits per heavy atom. The Labute approximate surface area is 196 Å². The second-order valence-electron chi connectivity index (χ2n) is 7.82. The van der Waals surface area contributed by atoms with Crippen molar-refractivity contribution >= 4 is 51.3 Å². The Kier molecular flexibility index (Phi) is 6.82. The van der Waals surface area contributed by atoms with Gasteiger partial charge in [0.15, 0.2) is 5.13 Å². The highest BCUT2D eigenvalue weighted by Gasteiger charge is 2.25. The summed E-state index contributed by atoms with van der Waals surface area (Å²) < 4.78 is 0. The number of carbonyl (C=O) groups excluding carboxylic acids is 1. The van der Waals surface area contributed by atoms with Crippen LogP contribution in [0.15, 0.2) is 47.8 Å². The molecule has 3 aromatic rings. The Morgan fingerprint density at radius 2 is 1.97 bits per heavy atom. The van der Waals surface area contributed by atoms with E-state index in [1.165, 1.54) is 22.6 Å². The normalized spacial score (nSPS) is 17.0. The second kappa shape index (κ2) is 9.57. The van der Waals surface area contributed by atoms with E-state index in [2.05, 4.69) is 58.2 Å². The lowest BCUT2D eigenvalue weighted by atomic mass is 10.1. The van der Waals surface area contributed by atoms with Crippen LogP contribution in [0.5, 0.6) is 0 Å². The molecule has 1 amide bonds. The van der Waals surface area contributed by atoms with Gasteiger partial charge in [0.2, 0.25) is 5.91 Å². The molecule has 2 heterocycles. The number of thiazole rings is 1. The first-order valence-corrected chi connectivity index (χ1v) is 11.8. The van der Waals surface area contributed by atoms with Crippen molar-refractivity contribution in [2.75, 3.05) is 36.4 Å². The lowest BCUT2D eigenvalue weighted by Gasteiger charge is -2.41. The molecule has 1 aliphatic rings. The molecule has 0 aliphatic carbocycles. The molecular weight excluding hydrogens is 451 g/mol. The molecule has 0 spiro atoms. The first-order chi connectivity index (χ1) is 14.9. The summed E-state index contributed by atoms with van der Waals surface area (Å²) in [4.78, 5) is 21.7. The van der Waals surface area contributed by atoms with Crippen LogP contribution in [0, 0.1) is 6.92 Å². The van der Waals surface area contributed by atoms with E-state index in [0.717, 1.165) is 30.9 Å². The Hall–Kier alpha value is -2.12. The number of rotatable bonds is 5. The largest absolute Gasteiger partial charge is 0.366 e. The van der Waals surface area contributed by atoms with Gasteiger partial charge in [0, 0.05) is 47.3 Å². The van der Waals surface area contributed by atoms with Crippen LogP contribution in [0.25, 0.3) is 11.3 Å². The van der Waals surface area contributed by atoms with Gasteiger partial charge in [-0.2, -0.15) is 0 Å². The summed E-state index contributed by atoms with van der Waals surface area (Å²) in [5.74, 6) is -0.0564. The minimum Gasteiger partial charge on any atom is -0.366 e. The van der Waals surface area contributed by atoms with Gasteiger partial charge in [-0.3, -0.25) is 9.69 Å². The number of halogens is 2. The standard InChI is InChI=1S/C23H24Cl2N4OS/c1-15-3-6-18(7-4-15)29-10-9-28(12-16(29)2)13-22(30)27-23-26-21(14-31-23)19-8-5-17(24)11-20(19)25/h3-8,11,14,16H,9-10,12-13H2,1-2H3,(H,26,27,30). The van der Waals surface area contributed by atoms with Crippen molar-refractivity contribution in [3.05, 3.63) is 63.5 Å². The Morgan fingerprint density at radius 1 is 1.19 bits per heavy atom. The fourth-order valence-corrected chi connectivity index (χ4v) is 5.04. The van der Waals surface area contributed by atoms with Crippen LogP contribution in [0.2, 0.25) is 10.0 Å². The van der Waals surface area contributed by atoms with Crippen molar-refractivity contribution < 1.29 is 4.79 Å². The summed E-state index contributed by atoms with van der Waals surface area (Å²) in [5.41, 5.74) is 4.01. The molecule has 1 unspecified atom stereocenters. The van der Waals surface area contributed by atoms with E-state index in [1.807, 2.05) is 11.4 Å². The lowest BCUT2D eigenvalue weighted by Crippen LogP contribution is -2.53. The van der Waals surface area contributed by atoms with E-state index in [1.54, 1.807) is 12.1 Å². The van der Waals surface area contributed by atoms with Crippen molar-refractivity contribution in [2.45, 2.75) is 19.9 Å². The minimum absolute atomic E-state index is 0.0564. The molecule has 1 saturated heterocycles. The van der Waals surface area contributed by atoms with E-state index in [4.69, 9.17) is 23.2 Å². The zero-order chi connectivity index (χ0) is 22.0. The average Bonchev–Trinajstić information content (AvgIpc) is 3.17. The first kappa shape index (κ1) is 22.1. The van der Waals surface area contributed by atoms with Gasteiger partial charge in [-0.05, 0) is 44.2 Å². The zero-order valence-electron chi connectivity index (χ0n) is 17.4. The summed E-state index contributed by atoms with van der Waals surface area (Å²) in [6, 6.07) is 14.2. The van der Waals surface area contributed by atoms with Gasteiger partial charge < -0.3 is 10.2 Å². The highest BCUT2D eigenvalue weighted by atomic mass is 35.5. The summed E-state index contributed by atoms with van der Waals surface area (Å²) in [7, 11) is 0. The molecule has 1 atom stereocenters. The predicted molar refractivity (Wildman–Crippen MR) is 131 cm³/mol. The van der Waals surface area contributed by atoms with Gasteiger partial charge >= 0.3 is 0 Å². The summed E-state index contributed by atoms with van der Waals surface area (Å²) >= 11 is 13.6. The number of aryl methyl sites for hydroxylation is 1. The van der Waals surface area contributed by atoms with Gasteiger partial charge in [0.25, 0.3) is 0 Å². The molecule has 8 heteroatoms. The van der Waals surface area contributed by atoms with Crippen LogP contribution in [-0.4, -0.2) is 48.0 Å². The fourth-order valence-electron chi connectivity index (χ4n) is 3.81. The van der Waals surface area contributed by atoms with Crippen LogP contribution in [0.4, 0.5) is 10.8 Å². The number of amides is 1. The summed E-state index contributed by atoms with van der Waals surface area (Å²) in [6.45, 7) is 7.22. The fraction of sp³-hybridized carbons (Fsp3) is 0.304. The lowest BCUT2D eigenvalue weighted by molar-refractivity contribution is -0.117. The van der Waals surface area contributed by atoms with Crippen molar-refractivity contribution in [2.24, 2.45) is 0 Å².